The Balaban J connectivity index is 1.91. The van der Waals surface area contributed by atoms with E-state index in [1.165, 1.54) is 12.4 Å². The second-order valence-electron chi connectivity index (χ2n) is 4.37. The Hall–Kier alpha value is -1.73. The first-order chi connectivity index (χ1) is 9.22. The van der Waals surface area contributed by atoms with Gasteiger partial charge in [-0.25, -0.2) is 14.4 Å². The largest absolute Gasteiger partial charge is 0.486 e. The van der Waals surface area contributed by atoms with E-state index in [-0.39, 0.29) is 19.3 Å². The third-order valence-electron chi connectivity index (χ3n) is 2.90. The normalized spacial score (nSPS) is 19.8. The van der Waals surface area contributed by atoms with Gasteiger partial charge in [-0.05, 0) is 6.42 Å². The molecule has 3 N–H and O–H groups in total. The highest BCUT2D eigenvalue weighted by atomic mass is 19.1. The van der Waals surface area contributed by atoms with Gasteiger partial charge < -0.3 is 20.5 Å². The van der Waals surface area contributed by atoms with Crippen LogP contribution in [0.3, 0.4) is 0 Å². The summed E-state index contributed by atoms with van der Waals surface area (Å²) in [6, 6.07) is 0. The van der Waals surface area contributed by atoms with Crippen LogP contribution in [-0.2, 0) is 0 Å². The van der Waals surface area contributed by atoms with Gasteiger partial charge in [0.05, 0.1) is 24.8 Å². The Bertz CT molecular complexity index is 438. The molecule has 1 unspecified atom stereocenters. The molecule has 0 aliphatic carbocycles. The second kappa shape index (κ2) is 6.44. The van der Waals surface area contributed by atoms with Crippen LogP contribution in [0.15, 0.2) is 24.3 Å². The maximum Gasteiger partial charge on any atom is 0.225 e. The molecule has 0 saturated carbocycles. The first-order valence-electron chi connectivity index (χ1n) is 6.09. The van der Waals surface area contributed by atoms with Gasteiger partial charge in [0.1, 0.15) is 6.61 Å². The SMILES string of the molecule is NC/C(=C\F)COc1cnc(N2CCC(O)C2)nc1. The number of halogens is 1. The first-order valence-corrected chi connectivity index (χ1v) is 6.09. The standard InChI is InChI=1S/C12H17FN4O2/c13-3-9(4-14)8-19-11-5-15-12(16-6-11)17-2-1-10(18)7-17/h3,5-6,10,18H,1-2,4,7-8,14H2/b9-3+. The Labute approximate surface area is 110 Å². The number of ether oxygens (including phenoxy) is 1. The van der Waals surface area contributed by atoms with Crippen molar-refractivity contribution in [1.29, 1.82) is 0 Å². The van der Waals surface area contributed by atoms with E-state index >= 15 is 0 Å². The van der Waals surface area contributed by atoms with E-state index in [9.17, 15) is 9.50 Å². The molecule has 0 aromatic carbocycles. The molecule has 1 aromatic heterocycles. The number of nitrogens with two attached hydrogens (primary N) is 1. The second-order valence-corrected chi connectivity index (χ2v) is 4.37. The molecule has 0 spiro atoms. The molecular formula is C12H17FN4O2. The summed E-state index contributed by atoms with van der Waals surface area (Å²) in [5.74, 6) is 1.01. The molecule has 0 radical (unpaired) electrons. The van der Waals surface area contributed by atoms with Crippen LogP contribution in [0.5, 0.6) is 5.75 Å². The third-order valence-corrected chi connectivity index (χ3v) is 2.90. The van der Waals surface area contributed by atoms with Crippen molar-refractivity contribution < 1.29 is 14.2 Å². The summed E-state index contributed by atoms with van der Waals surface area (Å²) in [7, 11) is 0. The van der Waals surface area contributed by atoms with Gasteiger partial charge in [0.25, 0.3) is 0 Å². The molecule has 1 aromatic rings. The highest BCUT2D eigenvalue weighted by Crippen LogP contribution is 2.17. The van der Waals surface area contributed by atoms with Crippen LogP contribution >= 0.6 is 0 Å². The molecule has 1 saturated heterocycles. The summed E-state index contributed by atoms with van der Waals surface area (Å²) in [4.78, 5) is 10.2. The van der Waals surface area contributed by atoms with Crippen molar-refractivity contribution in [3.63, 3.8) is 0 Å². The number of hydrogen-bond donors (Lipinski definition) is 2. The molecule has 1 aliphatic heterocycles. The summed E-state index contributed by atoms with van der Waals surface area (Å²) in [6.45, 7) is 1.48. The summed E-state index contributed by atoms with van der Waals surface area (Å²) in [6.07, 6.45) is 3.91. The van der Waals surface area contributed by atoms with Gasteiger partial charge in [-0.2, -0.15) is 0 Å². The van der Waals surface area contributed by atoms with Crippen molar-refractivity contribution >= 4 is 5.95 Å². The molecule has 7 heteroatoms. The zero-order valence-corrected chi connectivity index (χ0v) is 10.5. The van der Waals surface area contributed by atoms with Gasteiger partial charge >= 0.3 is 0 Å². The third kappa shape index (κ3) is 3.62. The Morgan fingerprint density at radius 3 is 2.84 bits per heavy atom. The number of aliphatic hydroxyl groups is 1. The maximum absolute atomic E-state index is 12.3. The van der Waals surface area contributed by atoms with Crippen molar-refractivity contribution in [2.24, 2.45) is 5.73 Å². The lowest BCUT2D eigenvalue weighted by atomic mass is 10.3. The van der Waals surface area contributed by atoms with E-state index in [2.05, 4.69) is 9.97 Å². The Morgan fingerprint density at radius 1 is 1.58 bits per heavy atom. The summed E-state index contributed by atoms with van der Waals surface area (Å²) in [5.41, 5.74) is 5.68. The highest BCUT2D eigenvalue weighted by molar-refractivity contribution is 5.33. The van der Waals surface area contributed by atoms with Crippen LogP contribution in [0.4, 0.5) is 10.3 Å². The summed E-state index contributed by atoms with van der Waals surface area (Å²) < 4.78 is 17.6. The monoisotopic (exact) mass is 268 g/mol. The van der Waals surface area contributed by atoms with E-state index in [4.69, 9.17) is 10.5 Å². The molecule has 2 rings (SSSR count). The lowest BCUT2D eigenvalue weighted by Gasteiger charge is -2.15. The average Bonchev–Trinajstić information content (AvgIpc) is 2.87. The van der Waals surface area contributed by atoms with E-state index < -0.39 is 0 Å². The first kappa shape index (κ1) is 13.7. The predicted octanol–water partition coefficient (Wildman–Crippen LogP) is 0.238. The van der Waals surface area contributed by atoms with Crippen molar-refractivity contribution in [3.05, 3.63) is 24.3 Å². The number of rotatable bonds is 5. The van der Waals surface area contributed by atoms with Crippen LogP contribution in [0.25, 0.3) is 0 Å². The minimum absolute atomic E-state index is 0.0815. The summed E-state index contributed by atoms with van der Waals surface area (Å²) in [5, 5.41) is 9.44. The van der Waals surface area contributed by atoms with Crippen molar-refractivity contribution in [1.82, 2.24) is 9.97 Å². The average molecular weight is 268 g/mol. The zero-order chi connectivity index (χ0) is 13.7. The van der Waals surface area contributed by atoms with E-state index in [0.717, 1.165) is 13.0 Å². The molecule has 104 valence electrons. The van der Waals surface area contributed by atoms with Gasteiger partial charge in [0.2, 0.25) is 5.95 Å². The quantitative estimate of drug-likeness (QED) is 0.795. The minimum Gasteiger partial charge on any atom is -0.486 e. The van der Waals surface area contributed by atoms with Crippen LogP contribution in [-0.4, -0.2) is 47.4 Å². The van der Waals surface area contributed by atoms with E-state index in [1.54, 1.807) is 0 Å². The molecule has 6 nitrogen and oxygen atoms in total. The number of hydrogen-bond acceptors (Lipinski definition) is 6. The zero-order valence-electron chi connectivity index (χ0n) is 10.5. The fraction of sp³-hybridized carbons (Fsp3) is 0.500. The van der Waals surface area contributed by atoms with Crippen LogP contribution in [0.2, 0.25) is 0 Å². The number of β-amino-alcohol motifs (C(OH)–C–C–N with tert-alkyl or cyclic N) is 1. The topological polar surface area (TPSA) is 84.5 Å². The van der Waals surface area contributed by atoms with Crippen LogP contribution in [0, 0.1) is 0 Å². The Morgan fingerprint density at radius 2 is 2.32 bits per heavy atom. The predicted molar refractivity (Wildman–Crippen MR) is 68.6 cm³/mol. The lowest BCUT2D eigenvalue weighted by Crippen LogP contribution is -2.23. The van der Waals surface area contributed by atoms with Crippen molar-refractivity contribution in [2.75, 3.05) is 31.1 Å². The van der Waals surface area contributed by atoms with Gasteiger partial charge in [-0.15, -0.1) is 0 Å². The number of aromatic nitrogens is 2. The van der Waals surface area contributed by atoms with E-state index in [0.29, 0.717) is 30.1 Å². The molecule has 0 amide bonds. The fourth-order valence-electron chi connectivity index (χ4n) is 1.78. The molecule has 1 fully saturated rings. The fourth-order valence-corrected chi connectivity index (χ4v) is 1.78. The minimum atomic E-state index is -0.318. The number of nitrogens with zero attached hydrogens (tertiary/aromatic N) is 3. The van der Waals surface area contributed by atoms with Crippen molar-refractivity contribution in [3.8, 4) is 5.75 Å². The molecule has 19 heavy (non-hydrogen) atoms. The molecule has 2 heterocycles. The molecule has 1 atom stereocenters. The lowest BCUT2D eigenvalue weighted by molar-refractivity contribution is 0.198. The highest BCUT2D eigenvalue weighted by Gasteiger charge is 2.22. The number of aliphatic hydroxyl groups excluding tert-OH is 1. The number of anilines is 1. The van der Waals surface area contributed by atoms with E-state index in [1.807, 2.05) is 4.90 Å². The van der Waals surface area contributed by atoms with Crippen LogP contribution < -0.4 is 15.4 Å². The molecule has 1 aliphatic rings. The maximum atomic E-state index is 12.3. The van der Waals surface area contributed by atoms with Gasteiger partial charge in [0.15, 0.2) is 5.75 Å². The summed E-state index contributed by atoms with van der Waals surface area (Å²) >= 11 is 0. The van der Waals surface area contributed by atoms with Gasteiger partial charge in [0, 0.05) is 25.2 Å². The van der Waals surface area contributed by atoms with Crippen LogP contribution in [0.1, 0.15) is 6.42 Å². The van der Waals surface area contributed by atoms with Gasteiger partial charge in [-0.1, -0.05) is 0 Å². The van der Waals surface area contributed by atoms with Gasteiger partial charge in [-0.3, -0.25) is 0 Å². The van der Waals surface area contributed by atoms with Crippen molar-refractivity contribution in [2.45, 2.75) is 12.5 Å². The smallest absolute Gasteiger partial charge is 0.225 e. The Kier molecular flexibility index (Phi) is 4.64. The molecular weight excluding hydrogens is 251 g/mol. The molecule has 0 bridgehead atoms.